The Morgan fingerprint density at radius 3 is 2.60 bits per heavy atom. The van der Waals surface area contributed by atoms with Crippen LogP contribution in [0.3, 0.4) is 0 Å². The van der Waals surface area contributed by atoms with E-state index < -0.39 is 17.4 Å². The van der Waals surface area contributed by atoms with Crippen molar-refractivity contribution in [3.8, 4) is 0 Å². The van der Waals surface area contributed by atoms with E-state index in [0.717, 1.165) is 6.07 Å². The summed E-state index contributed by atoms with van der Waals surface area (Å²) in [5, 5.41) is 0.674. The summed E-state index contributed by atoms with van der Waals surface area (Å²) in [6.45, 7) is 0. The summed E-state index contributed by atoms with van der Waals surface area (Å²) in [6, 6.07) is 9.35. The third-order valence-electron chi connectivity index (χ3n) is 2.89. The molecule has 1 heterocycles. The molecule has 3 aromatic rings. The zero-order valence-corrected chi connectivity index (χ0v) is 10.7. The van der Waals surface area contributed by atoms with Crippen LogP contribution in [0.25, 0.3) is 11.0 Å². The lowest BCUT2D eigenvalue weighted by Crippen LogP contribution is -2.02. The molecule has 20 heavy (non-hydrogen) atoms. The molecule has 0 spiro atoms. The van der Waals surface area contributed by atoms with E-state index in [4.69, 9.17) is 16.0 Å². The Morgan fingerprint density at radius 1 is 1.05 bits per heavy atom. The summed E-state index contributed by atoms with van der Waals surface area (Å²) in [4.78, 5) is 12.2. The SMILES string of the molecule is O=C(c1cc2cccc(F)c2o1)c1cc(Cl)ccc1F. The van der Waals surface area contributed by atoms with E-state index >= 15 is 0 Å². The van der Waals surface area contributed by atoms with Crippen molar-refractivity contribution in [2.24, 2.45) is 0 Å². The summed E-state index contributed by atoms with van der Waals surface area (Å²) >= 11 is 5.74. The zero-order valence-electron chi connectivity index (χ0n) is 9.99. The Bertz CT molecular complexity index is 824. The molecular formula is C15H7ClF2O2. The van der Waals surface area contributed by atoms with Gasteiger partial charge in [0.25, 0.3) is 0 Å². The lowest BCUT2D eigenvalue weighted by atomic mass is 10.1. The molecule has 2 nitrogen and oxygen atoms in total. The first-order valence-electron chi connectivity index (χ1n) is 5.74. The maximum Gasteiger partial charge on any atom is 0.231 e. The van der Waals surface area contributed by atoms with Crippen molar-refractivity contribution in [2.45, 2.75) is 0 Å². The first kappa shape index (κ1) is 12.8. The van der Waals surface area contributed by atoms with Crippen LogP contribution in [0.5, 0.6) is 0 Å². The largest absolute Gasteiger partial charge is 0.449 e. The number of rotatable bonds is 2. The highest BCUT2D eigenvalue weighted by molar-refractivity contribution is 6.31. The molecule has 0 radical (unpaired) electrons. The summed E-state index contributed by atoms with van der Waals surface area (Å²) in [7, 11) is 0. The fourth-order valence-corrected chi connectivity index (χ4v) is 2.12. The van der Waals surface area contributed by atoms with Gasteiger partial charge in [-0.1, -0.05) is 23.7 Å². The number of para-hydroxylation sites is 1. The summed E-state index contributed by atoms with van der Waals surface area (Å²) in [5.74, 6) is -2.10. The number of fused-ring (bicyclic) bond motifs is 1. The fourth-order valence-electron chi connectivity index (χ4n) is 1.94. The molecule has 0 saturated heterocycles. The molecule has 0 unspecified atom stereocenters. The van der Waals surface area contributed by atoms with Gasteiger partial charge < -0.3 is 4.42 Å². The van der Waals surface area contributed by atoms with Crippen LogP contribution in [0, 0.1) is 11.6 Å². The van der Waals surface area contributed by atoms with Crippen LogP contribution in [0.1, 0.15) is 16.1 Å². The van der Waals surface area contributed by atoms with Gasteiger partial charge in [-0.05, 0) is 30.3 Å². The number of hydrogen-bond acceptors (Lipinski definition) is 2. The molecule has 5 heteroatoms. The summed E-state index contributed by atoms with van der Waals surface area (Å²) in [5.41, 5.74) is -0.241. The molecule has 0 atom stereocenters. The number of ketones is 1. The fraction of sp³-hybridized carbons (Fsp3) is 0. The van der Waals surface area contributed by atoms with Crippen LogP contribution in [-0.2, 0) is 0 Å². The van der Waals surface area contributed by atoms with Gasteiger partial charge in [-0.15, -0.1) is 0 Å². The predicted octanol–water partition coefficient (Wildman–Crippen LogP) is 4.60. The minimum Gasteiger partial charge on any atom is -0.449 e. The smallest absolute Gasteiger partial charge is 0.231 e. The second-order valence-electron chi connectivity index (χ2n) is 4.22. The molecule has 0 bridgehead atoms. The molecule has 0 aliphatic carbocycles. The van der Waals surface area contributed by atoms with E-state index in [2.05, 4.69) is 0 Å². The van der Waals surface area contributed by atoms with Crippen LogP contribution < -0.4 is 0 Å². The Balaban J connectivity index is 2.13. The monoisotopic (exact) mass is 292 g/mol. The van der Waals surface area contributed by atoms with Gasteiger partial charge in [-0.2, -0.15) is 0 Å². The van der Waals surface area contributed by atoms with Crippen molar-refractivity contribution in [2.75, 3.05) is 0 Å². The first-order chi connectivity index (χ1) is 9.56. The van der Waals surface area contributed by atoms with E-state index in [1.165, 1.54) is 30.3 Å². The molecule has 0 fully saturated rings. The van der Waals surface area contributed by atoms with Gasteiger partial charge >= 0.3 is 0 Å². The van der Waals surface area contributed by atoms with Crippen molar-refractivity contribution in [3.63, 3.8) is 0 Å². The van der Waals surface area contributed by atoms with Crippen molar-refractivity contribution in [3.05, 3.63) is 70.4 Å². The van der Waals surface area contributed by atoms with Crippen LogP contribution in [-0.4, -0.2) is 5.78 Å². The van der Waals surface area contributed by atoms with Crippen molar-refractivity contribution in [1.29, 1.82) is 0 Å². The van der Waals surface area contributed by atoms with Crippen LogP contribution in [0.2, 0.25) is 5.02 Å². The lowest BCUT2D eigenvalue weighted by Gasteiger charge is -2.00. The summed E-state index contributed by atoms with van der Waals surface area (Å²) in [6.07, 6.45) is 0. The Kier molecular flexibility index (Phi) is 3.03. The van der Waals surface area contributed by atoms with Crippen molar-refractivity contribution < 1.29 is 18.0 Å². The molecule has 0 N–H and O–H groups in total. The molecule has 0 saturated carbocycles. The van der Waals surface area contributed by atoms with Gasteiger partial charge in [-0.3, -0.25) is 4.79 Å². The van der Waals surface area contributed by atoms with Gasteiger partial charge in [0.1, 0.15) is 5.82 Å². The number of benzene rings is 2. The van der Waals surface area contributed by atoms with Crippen molar-refractivity contribution in [1.82, 2.24) is 0 Å². The third-order valence-corrected chi connectivity index (χ3v) is 3.13. The van der Waals surface area contributed by atoms with Gasteiger partial charge in [0.15, 0.2) is 17.2 Å². The molecule has 2 aromatic carbocycles. The van der Waals surface area contributed by atoms with Crippen molar-refractivity contribution >= 4 is 28.4 Å². The third kappa shape index (κ3) is 2.08. The predicted molar refractivity (Wildman–Crippen MR) is 71.0 cm³/mol. The molecule has 100 valence electrons. The number of halogens is 3. The van der Waals surface area contributed by atoms with Crippen LogP contribution in [0.15, 0.2) is 46.9 Å². The van der Waals surface area contributed by atoms with E-state index in [1.807, 2.05) is 0 Å². The summed E-state index contributed by atoms with van der Waals surface area (Å²) < 4.78 is 32.3. The van der Waals surface area contributed by atoms with Crippen LogP contribution in [0.4, 0.5) is 8.78 Å². The quantitative estimate of drug-likeness (QED) is 0.646. The first-order valence-corrected chi connectivity index (χ1v) is 6.12. The lowest BCUT2D eigenvalue weighted by molar-refractivity contribution is 0.101. The van der Waals surface area contributed by atoms with Gasteiger partial charge in [-0.25, -0.2) is 8.78 Å². The number of furan rings is 1. The van der Waals surface area contributed by atoms with Gasteiger partial charge in [0.05, 0.1) is 5.56 Å². The second-order valence-corrected chi connectivity index (χ2v) is 4.66. The number of carbonyl (C=O) groups is 1. The molecule has 0 aliphatic heterocycles. The van der Waals surface area contributed by atoms with Gasteiger partial charge in [0.2, 0.25) is 5.78 Å². The maximum absolute atomic E-state index is 13.6. The number of hydrogen-bond donors (Lipinski definition) is 0. The standard InChI is InChI=1S/C15H7ClF2O2/c16-9-4-5-11(17)10(7-9)14(19)13-6-8-2-1-3-12(18)15(8)20-13/h1-7H. The second kappa shape index (κ2) is 4.72. The molecule has 3 rings (SSSR count). The average Bonchev–Trinajstić information content (AvgIpc) is 2.86. The van der Waals surface area contributed by atoms with E-state index in [0.29, 0.717) is 5.39 Å². The van der Waals surface area contributed by atoms with E-state index in [1.54, 1.807) is 6.07 Å². The van der Waals surface area contributed by atoms with Crippen LogP contribution >= 0.6 is 11.6 Å². The highest BCUT2D eigenvalue weighted by Crippen LogP contribution is 2.25. The average molecular weight is 293 g/mol. The minimum absolute atomic E-state index is 0.0294. The Labute approximate surface area is 117 Å². The normalized spacial score (nSPS) is 10.9. The van der Waals surface area contributed by atoms with E-state index in [9.17, 15) is 13.6 Å². The molecule has 1 aromatic heterocycles. The molecule has 0 amide bonds. The zero-order chi connectivity index (χ0) is 14.3. The van der Waals surface area contributed by atoms with E-state index in [-0.39, 0.29) is 21.9 Å². The maximum atomic E-state index is 13.6. The highest BCUT2D eigenvalue weighted by atomic mass is 35.5. The highest BCUT2D eigenvalue weighted by Gasteiger charge is 2.19. The van der Waals surface area contributed by atoms with Gasteiger partial charge in [0, 0.05) is 10.4 Å². The molecular weight excluding hydrogens is 286 g/mol. The number of carbonyl (C=O) groups excluding carboxylic acids is 1. The molecule has 0 aliphatic rings. The minimum atomic E-state index is -0.708. The Morgan fingerprint density at radius 2 is 1.85 bits per heavy atom. The Hall–Kier alpha value is -2.20. The topological polar surface area (TPSA) is 30.2 Å².